The Hall–Kier alpha value is -3.05. The van der Waals surface area contributed by atoms with E-state index in [2.05, 4.69) is 10.6 Å². The van der Waals surface area contributed by atoms with Gasteiger partial charge in [-0.1, -0.05) is 41.9 Å². The molecule has 4 nitrogen and oxygen atoms in total. The molecule has 0 spiro atoms. The summed E-state index contributed by atoms with van der Waals surface area (Å²) in [5, 5.41) is 5.81. The van der Waals surface area contributed by atoms with Gasteiger partial charge in [0, 0.05) is 0 Å². The highest BCUT2D eigenvalue weighted by Gasteiger charge is 2.09. The molecule has 6 heteroatoms. The number of halogens is 2. The van der Waals surface area contributed by atoms with E-state index in [0.29, 0.717) is 22.9 Å². The predicted octanol–water partition coefficient (Wildman–Crippen LogP) is 5.32. The van der Waals surface area contributed by atoms with Crippen molar-refractivity contribution in [3.05, 3.63) is 83.6 Å². The van der Waals surface area contributed by atoms with E-state index in [4.69, 9.17) is 16.3 Å². The lowest BCUT2D eigenvalue weighted by atomic mass is 10.2. The highest BCUT2D eigenvalue weighted by molar-refractivity contribution is 6.33. The van der Waals surface area contributed by atoms with Gasteiger partial charge in [0.15, 0.2) is 5.75 Å². The Labute approximate surface area is 155 Å². The molecular weight excluding hydrogens is 355 g/mol. The molecule has 0 heterocycles. The second-order valence-corrected chi connectivity index (χ2v) is 5.84. The summed E-state index contributed by atoms with van der Waals surface area (Å²) in [7, 11) is 0. The number of hydrogen-bond donors (Lipinski definition) is 2. The van der Waals surface area contributed by atoms with E-state index in [0.717, 1.165) is 6.07 Å². The highest BCUT2D eigenvalue weighted by Crippen LogP contribution is 2.29. The van der Waals surface area contributed by atoms with Crippen molar-refractivity contribution in [2.24, 2.45) is 0 Å². The molecule has 1 amide bonds. The number of carbonyl (C=O) groups excluding carboxylic acids is 1. The zero-order chi connectivity index (χ0) is 18.4. The van der Waals surface area contributed by atoms with Gasteiger partial charge in [0.25, 0.3) is 0 Å². The highest BCUT2D eigenvalue weighted by atomic mass is 35.5. The topological polar surface area (TPSA) is 50.4 Å². The van der Waals surface area contributed by atoms with Crippen molar-refractivity contribution in [2.75, 3.05) is 17.2 Å². The second kappa shape index (κ2) is 8.36. The number of carbonyl (C=O) groups is 1. The largest absolute Gasteiger partial charge is 0.455 e. The Bertz CT molecular complexity index is 903. The number of benzene rings is 3. The van der Waals surface area contributed by atoms with Crippen molar-refractivity contribution in [3.63, 3.8) is 0 Å². The SMILES string of the molecule is O=C(CNc1ccccc1Oc1ccccc1)Nc1ccc(F)cc1Cl. The van der Waals surface area contributed by atoms with Gasteiger partial charge in [-0.25, -0.2) is 4.39 Å². The minimum atomic E-state index is -0.460. The molecule has 3 aromatic rings. The van der Waals surface area contributed by atoms with Gasteiger partial charge >= 0.3 is 0 Å². The first-order valence-corrected chi connectivity index (χ1v) is 8.30. The van der Waals surface area contributed by atoms with Gasteiger partial charge < -0.3 is 15.4 Å². The fourth-order valence-corrected chi connectivity index (χ4v) is 2.49. The van der Waals surface area contributed by atoms with Gasteiger partial charge in [-0.3, -0.25) is 4.79 Å². The fourth-order valence-electron chi connectivity index (χ4n) is 2.28. The molecule has 0 saturated heterocycles. The average Bonchev–Trinajstić information content (AvgIpc) is 2.64. The van der Waals surface area contributed by atoms with Crippen LogP contribution in [0.5, 0.6) is 11.5 Å². The van der Waals surface area contributed by atoms with Crippen LogP contribution in [0.1, 0.15) is 0 Å². The van der Waals surface area contributed by atoms with Crippen molar-refractivity contribution in [1.82, 2.24) is 0 Å². The van der Waals surface area contributed by atoms with E-state index in [9.17, 15) is 9.18 Å². The summed E-state index contributed by atoms with van der Waals surface area (Å²) >= 11 is 5.91. The Morgan fingerprint density at radius 2 is 1.69 bits per heavy atom. The van der Waals surface area contributed by atoms with Gasteiger partial charge in [0.05, 0.1) is 22.9 Å². The maximum absolute atomic E-state index is 13.1. The first-order chi connectivity index (χ1) is 12.6. The number of anilines is 2. The van der Waals surface area contributed by atoms with Gasteiger partial charge in [-0.15, -0.1) is 0 Å². The molecule has 0 atom stereocenters. The van der Waals surface area contributed by atoms with Crippen LogP contribution in [0, 0.1) is 5.82 Å². The number of rotatable bonds is 6. The zero-order valence-corrected chi connectivity index (χ0v) is 14.5. The van der Waals surface area contributed by atoms with Crippen LogP contribution in [0.15, 0.2) is 72.8 Å². The summed E-state index contributed by atoms with van der Waals surface area (Å²) in [6.45, 7) is 0.00285. The lowest BCUT2D eigenvalue weighted by Gasteiger charge is -2.13. The molecule has 0 unspecified atom stereocenters. The molecule has 0 aromatic heterocycles. The molecule has 0 radical (unpaired) electrons. The van der Waals surface area contributed by atoms with Crippen LogP contribution in [-0.4, -0.2) is 12.5 Å². The molecule has 0 aliphatic heterocycles. The number of ether oxygens (including phenoxy) is 1. The first-order valence-electron chi connectivity index (χ1n) is 7.92. The van der Waals surface area contributed by atoms with Gasteiger partial charge in [0.1, 0.15) is 11.6 Å². The molecule has 0 aliphatic rings. The Balaban J connectivity index is 1.63. The van der Waals surface area contributed by atoms with Crippen molar-refractivity contribution in [1.29, 1.82) is 0 Å². The Morgan fingerprint density at radius 3 is 2.46 bits per heavy atom. The van der Waals surface area contributed by atoms with Gasteiger partial charge in [-0.05, 0) is 42.5 Å². The third-order valence-electron chi connectivity index (χ3n) is 3.50. The fraction of sp³-hybridized carbons (Fsp3) is 0.0500. The summed E-state index contributed by atoms with van der Waals surface area (Å²) in [5.74, 6) is 0.529. The number of hydrogen-bond acceptors (Lipinski definition) is 3. The van der Waals surface area contributed by atoms with E-state index < -0.39 is 5.82 Å². The van der Waals surface area contributed by atoms with E-state index >= 15 is 0 Å². The number of amides is 1. The van der Waals surface area contributed by atoms with Crippen LogP contribution in [0.25, 0.3) is 0 Å². The van der Waals surface area contributed by atoms with Crippen molar-refractivity contribution >= 4 is 28.9 Å². The molecule has 132 valence electrons. The predicted molar refractivity (Wildman–Crippen MR) is 101 cm³/mol. The first kappa shape index (κ1) is 17.8. The van der Waals surface area contributed by atoms with Crippen LogP contribution in [0.2, 0.25) is 5.02 Å². The maximum atomic E-state index is 13.1. The van der Waals surface area contributed by atoms with E-state index in [1.54, 1.807) is 0 Å². The second-order valence-electron chi connectivity index (χ2n) is 5.44. The quantitative estimate of drug-likeness (QED) is 0.617. The number of para-hydroxylation sites is 3. The summed E-state index contributed by atoms with van der Waals surface area (Å²) in [6.07, 6.45) is 0. The van der Waals surface area contributed by atoms with Crippen LogP contribution in [-0.2, 0) is 4.79 Å². The average molecular weight is 371 g/mol. The zero-order valence-electron chi connectivity index (χ0n) is 13.7. The molecule has 26 heavy (non-hydrogen) atoms. The lowest BCUT2D eigenvalue weighted by molar-refractivity contribution is -0.114. The summed E-state index contributed by atoms with van der Waals surface area (Å²) in [5.41, 5.74) is 1.03. The van der Waals surface area contributed by atoms with Gasteiger partial charge in [-0.2, -0.15) is 0 Å². The smallest absolute Gasteiger partial charge is 0.243 e. The third-order valence-corrected chi connectivity index (χ3v) is 3.82. The molecule has 0 saturated carbocycles. The lowest BCUT2D eigenvalue weighted by Crippen LogP contribution is -2.22. The van der Waals surface area contributed by atoms with Crippen LogP contribution in [0.4, 0.5) is 15.8 Å². The van der Waals surface area contributed by atoms with Crippen molar-refractivity contribution < 1.29 is 13.9 Å². The van der Waals surface area contributed by atoms with E-state index in [1.165, 1.54) is 12.1 Å². The van der Waals surface area contributed by atoms with E-state index in [-0.39, 0.29) is 17.5 Å². The third kappa shape index (κ3) is 4.74. The Morgan fingerprint density at radius 1 is 0.962 bits per heavy atom. The van der Waals surface area contributed by atoms with Crippen LogP contribution >= 0.6 is 11.6 Å². The molecular formula is C20H16ClFN2O2. The van der Waals surface area contributed by atoms with Crippen LogP contribution in [0.3, 0.4) is 0 Å². The summed E-state index contributed by atoms with van der Waals surface area (Å²) in [4.78, 5) is 12.1. The molecule has 0 aliphatic carbocycles. The standard InChI is InChI=1S/C20H16ClFN2O2/c21-16-12-14(22)10-11-17(16)24-20(25)13-23-18-8-4-5-9-19(18)26-15-6-2-1-3-7-15/h1-12,23H,13H2,(H,24,25). The number of nitrogens with one attached hydrogen (secondary N) is 2. The minimum absolute atomic E-state index is 0.00285. The molecule has 0 bridgehead atoms. The van der Waals surface area contributed by atoms with Crippen LogP contribution < -0.4 is 15.4 Å². The monoisotopic (exact) mass is 370 g/mol. The molecule has 0 fully saturated rings. The van der Waals surface area contributed by atoms with Crippen molar-refractivity contribution in [2.45, 2.75) is 0 Å². The maximum Gasteiger partial charge on any atom is 0.243 e. The van der Waals surface area contributed by atoms with Crippen molar-refractivity contribution in [3.8, 4) is 11.5 Å². The van der Waals surface area contributed by atoms with Gasteiger partial charge in [0.2, 0.25) is 5.91 Å². The minimum Gasteiger partial charge on any atom is -0.455 e. The summed E-state index contributed by atoms with van der Waals surface area (Å²) in [6, 6.07) is 20.5. The Kier molecular flexibility index (Phi) is 5.71. The molecule has 3 rings (SSSR count). The molecule has 3 aromatic carbocycles. The summed E-state index contributed by atoms with van der Waals surface area (Å²) < 4.78 is 18.9. The van der Waals surface area contributed by atoms with E-state index in [1.807, 2.05) is 54.6 Å². The molecule has 2 N–H and O–H groups in total. The normalized spacial score (nSPS) is 10.2.